The largest absolute Gasteiger partial charge is 0.459 e. The standard InChI is InChI=1S/C10H8N4O2S3/c1-17-9-13-14-10(19-9)18-5-7-11-12-8(16-7)6-3-2-4-15-6/h2-4H,5H2,1H3. The van der Waals surface area contributed by atoms with Crippen molar-refractivity contribution in [3.8, 4) is 11.7 Å². The molecule has 0 saturated carbocycles. The maximum atomic E-state index is 5.50. The average molecular weight is 312 g/mol. The van der Waals surface area contributed by atoms with Gasteiger partial charge in [-0.25, -0.2) is 0 Å². The van der Waals surface area contributed by atoms with Gasteiger partial charge in [0.2, 0.25) is 5.89 Å². The van der Waals surface area contributed by atoms with Crippen LogP contribution in [-0.4, -0.2) is 26.7 Å². The molecule has 0 unspecified atom stereocenters. The van der Waals surface area contributed by atoms with Gasteiger partial charge in [0.1, 0.15) is 0 Å². The molecule has 3 aromatic heterocycles. The second-order valence-electron chi connectivity index (χ2n) is 3.30. The van der Waals surface area contributed by atoms with Crippen molar-refractivity contribution in [2.24, 2.45) is 0 Å². The zero-order chi connectivity index (χ0) is 13.1. The molecule has 3 aromatic rings. The molecule has 0 aliphatic carbocycles. The van der Waals surface area contributed by atoms with Crippen LogP contribution in [0, 0.1) is 0 Å². The van der Waals surface area contributed by atoms with E-state index in [1.807, 2.05) is 6.26 Å². The van der Waals surface area contributed by atoms with Crippen molar-refractivity contribution in [1.29, 1.82) is 0 Å². The van der Waals surface area contributed by atoms with Crippen LogP contribution in [0.2, 0.25) is 0 Å². The molecule has 0 N–H and O–H groups in total. The third-order valence-corrected chi connectivity index (χ3v) is 5.10. The zero-order valence-electron chi connectivity index (χ0n) is 9.77. The second-order valence-corrected chi connectivity index (χ2v) is 6.56. The fourth-order valence-electron chi connectivity index (χ4n) is 1.27. The minimum absolute atomic E-state index is 0.391. The molecule has 0 spiro atoms. The van der Waals surface area contributed by atoms with E-state index in [4.69, 9.17) is 8.83 Å². The highest BCUT2D eigenvalue weighted by atomic mass is 32.2. The number of nitrogens with zero attached hydrogens (tertiary/aromatic N) is 4. The van der Waals surface area contributed by atoms with Crippen LogP contribution in [0.4, 0.5) is 0 Å². The first kappa shape index (κ1) is 12.7. The highest BCUT2D eigenvalue weighted by Gasteiger charge is 2.12. The van der Waals surface area contributed by atoms with Crippen LogP contribution in [0.5, 0.6) is 0 Å². The summed E-state index contributed by atoms with van der Waals surface area (Å²) in [6, 6.07) is 3.55. The molecule has 98 valence electrons. The Morgan fingerprint density at radius 1 is 1.21 bits per heavy atom. The van der Waals surface area contributed by atoms with E-state index < -0.39 is 0 Å². The summed E-state index contributed by atoms with van der Waals surface area (Å²) >= 11 is 4.66. The van der Waals surface area contributed by atoms with E-state index in [9.17, 15) is 0 Å². The Labute approximate surface area is 121 Å². The second kappa shape index (κ2) is 5.76. The van der Waals surface area contributed by atoms with E-state index in [1.54, 1.807) is 41.5 Å². The van der Waals surface area contributed by atoms with Crippen LogP contribution in [0.3, 0.4) is 0 Å². The summed E-state index contributed by atoms with van der Waals surface area (Å²) in [4.78, 5) is 0. The normalized spacial score (nSPS) is 11.0. The predicted molar refractivity (Wildman–Crippen MR) is 73.3 cm³/mol. The van der Waals surface area contributed by atoms with Crippen molar-refractivity contribution in [2.45, 2.75) is 14.4 Å². The van der Waals surface area contributed by atoms with E-state index in [0.29, 0.717) is 23.3 Å². The Balaban J connectivity index is 1.64. The molecule has 0 saturated heterocycles. The molecule has 0 aliphatic rings. The molecule has 3 rings (SSSR count). The lowest BCUT2D eigenvalue weighted by molar-refractivity contribution is 0.494. The van der Waals surface area contributed by atoms with E-state index in [1.165, 1.54) is 11.8 Å². The number of thioether (sulfide) groups is 2. The Morgan fingerprint density at radius 2 is 2.11 bits per heavy atom. The van der Waals surface area contributed by atoms with Gasteiger partial charge in [0.15, 0.2) is 14.4 Å². The van der Waals surface area contributed by atoms with Gasteiger partial charge < -0.3 is 8.83 Å². The molecular formula is C10H8N4O2S3. The smallest absolute Gasteiger partial charge is 0.283 e. The first-order valence-corrected chi connectivity index (χ1v) is 8.24. The number of hydrogen-bond acceptors (Lipinski definition) is 9. The van der Waals surface area contributed by atoms with Gasteiger partial charge in [0, 0.05) is 0 Å². The van der Waals surface area contributed by atoms with Gasteiger partial charge in [-0.05, 0) is 18.4 Å². The van der Waals surface area contributed by atoms with Gasteiger partial charge in [0.05, 0.1) is 12.0 Å². The molecule has 0 aliphatic heterocycles. The third kappa shape index (κ3) is 2.99. The molecule has 0 fully saturated rings. The van der Waals surface area contributed by atoms with Crippen molar-refractivity contribution in [3.63, 3.8) is 0 Å². The SMILES string of the molecule is CSc1nnc(SCc2nnc(-c3ccco3)o2)s1. The van der Waals surface area contributed by atoms with Crippen molar-refractivity contribution >= 4 is 34.9 Å². The van der Waals surface area contributed by atoms with Gasteiger partial charge in [-0.3, -0.25) is 0 Å². The monoisotopic (exact) mass is 312 g/mol. The fourth-order valence-corrected chi connectivity index (χ4v) is 3.55. The zero-order valence-corrected chi connectivity index (χ0v) is 12.2. The third-order valence-electron chi connectivity index (χ3n) is 2.08. The Hall–Kier alpha value is -1.32. The summed E-state index contributed by atoms with van der Waals surface area (Å²) in [6.07, 6.45) is 3.54. The van der Waals surface area contributed by atoms with Crippen molar-refractivity contribution in [3.05, 3.63) is 24.3 Å². The highest BCUT2D eigenvalue weighted by Crippen LogP contribution is 2.29. The Bertz CT molecular complexity index is 649. The maximum absolute atomic E-state index is 5.50. The van der Waals surface area contributed by atoms with E-state index in [-0.39, 0.29) is 0 Å². The van der Waals surface area contributed by atoms with Gasteiger partial charge in [-0.2, -0.15) is 0 Å². The van der Waals surface area contributed by atoms with Crippen molar-refractivity contribution < 1.29 is 8.83 Å². The molecule has 9 heteroatoms. The maximum Gasteiger partial charge on any atom is 0.283 e. The summed E-state index contributed by atoms with van der Waals surface area (Å²) in [5, 5.41) is 16.0. The molecule has 0 bridgehead atoms. The van der Waals surface area contributed by atoms with E-state index in [2.05, 4.69) is 20.4 Å². The minimum Gasteiger partial charge on any atom is -0.459 e. The lowest BCUT2D eigenvalue weighted by Gasteiger charge is -1.90. The van der Waals surface area contributed by atoms with Crippen molar-refractivity contribution in [1.82, 2.24) is 20.4 Å². The summed E-state index contributed by atoms with van der Waals surface area (Å²) in [7, 11) is 0. The van der Waals surface area contributed by atoms with Crippen molar-refractivity contribution in [2.75, 3.05) is 6.26 Å². The van der Waals surface area contributed by atoms with Gasteiger partial charge in [0.25, 0.3) is 5.89 Å². The first-order chi connectivity index (χ1) is 9.35. The summed E-state index contributed by atoms with van der Waals surface area (Å²) in [5.74, 6) is 2.07. The molecule has 0 aromatic carbocycles. The van der Waals surface area contributed by atoms with Gasteiger partial charge >= 0.3 is 0 Å². The predicted octanol–water partition coefficient (Wildman–Crippen LogP) is 3.20. The van der Waals surface area contributed by atoms with Gasteiger partial charge in [-0.1, -0.05) is 34.9 Å². The fraction of sp³-hybridized carbons (Fsp3) is 0.200. The van der Waals surface area contributed by atoms with Gasteiger partial charge in [-0.15, -0.1) is 20.4 Å². The minimum atomic E-state index is 0.391. The number of rotatable bonds is 5. The van der Waals surface area contributed by atoms with Crippen LogP contribution in [0.25, 0.3) is 11.7 Å². The molecule has 0 amide bonds. The molecular weight excluding hydrogens is 304 g/mol. The lowest BCUT2D eigenvalue weighted by Crippen LogP contribution is -1.79. The first-order valence-electron chi connectivity index (χ1n) is 5.21. The summed E-state index contributed by atoms with van der Waals surface area (Å²) < 4.78 is 12.5. The van der Waals surface area contributed by atoms with Crippen LogP contribution < -0.4 is 0 Å². The number of hydrogen-bond donors (Lipinski definition) is 0. The molecule has 19 heavy (non-hydrogen) atoms. The highest BCUT2D eigenvalue weighted by molar-refractivity contribution is 8.02. The quantitative estimate of drug-likeness (QED) is 0.665. The average Bonchev–Trinajstić information content (AvgIpc) is 3.16. The molecule has 3 heterocycles. The lowest BCUT2D eigenvalue weighted by atomic mass is 10.5. The van der Waals surface area contributed by atoms with Crippen LogP contribution in [-0.2, 0) is 5.75 Å². The molecule has 0 atom stereocenters. The topological polar surface area (TPSA) is 77.8 Å². The van der Waals surface area contributed by atoms with E-state index >= 15 is 0 Å². The van der Waals surface area contributed by atoms with E-state index in [0.717, 1.165) is 8.68 Å². The number of aromatic nitrogens is 4. The summed E-state index contributed by atoms with van der Waals surface area (Å²) in [6.45, 7) is 0. The van der Waals surface area contributed by atoms with Crippen LogP contribution >= 0.6 is 34.9 Å². The van der Waals surface area contributed by atoms with Crippen LogP contribution in [0.15, 0.2) is 35.9 Å². The Morgan fingerprint density at radius 3 is 2.84 bits per heavy atom. The number of furan rings is 1. The molecule has 6 nitrogen and oxygen atoms in total. The molecule has 0 radical (unpaired) electrons. The Kier molecular flexibility index (Phi) is 3.85. The summed E-state index contributed by atoms with van der Waals surface area (Å²) in [5.41, 5.74) is 0. The van der Waals surface area contributed by atoms with Crippen LogP contribution in [0.1, 0.15) is 5.89 Å².